The van der Waals surface area contributed by atoms with Crippen LogP contribution in [0.2, 0.25) is 0 Å². The third-order valence-electron chi connectivity index (χ3n) is 2.17. The Kier molecular flexibility index (Phi) is 4.60. The van der Waals surface area contributed by atoms with Gasteiger partial charge in [-0.25, -0.2) is 5.90 Å². The Labute approximate surface area is 62.7 Å². The lowest BCUT2D eigenvalue weighted by atomic mass is 9.85. The van der Waals surface area contributed by atoms with E-state index in [4.69, 9.17) is 11.6 Å². The van der Waals surface area contributed by atoms with E-state index in [0.717, 1.165) is 12.8 Å². The van der Waals surface area contributed by atoms with Crippen molar-refractivity contribution in [1.29, 1.82) is 0 Å². The lowest BCUT2D eigenvalue weighted by Crippen LogP contribution is -2.28. The molecule has 0 aromatic rings. The maximum absolute atomic E-state index is 5.56. The predicted molar refractivity (Wildman–Crippen MR) is 42.2 cm³/mol. The maximum Gasteiger partial charge on any atom is 0.0684 e. The van der Waals surface area contributed by atoms with Gasteiger partial charge in [-0.1, -0.05) is 13.8 Å². The molecule has 0 aromatic carbocycles. The molecular weight excluding hydrogens is 128 g/mol. The zero-order valence-electron chi connectivity index (χ0n) is 6.89. The standard InChI is InChI=1S/C7H18N2O/c1-3-7(2,6-8)4-5-10-9/h3-6,8-9H2,1-2H3. The fourth-order valence-electron chi connectivity index (χ4n) is 0.729. The quantitative estimate of drug-likeness (QED) is 0.559. The Morgan fingerprint density at radius 1 is 1.50 bits per heavy atom. The molecule has 10 heavy (non-hydrogen) atoms. The van der Waals surface area contributed by atoms with Crippen molar-refractivity contribution in [2.75, 3.05) is 13.2 Å². The van der Waals surface area contributed by atoms with Crippen LogP contribution in [0, 0.1) is 5.41 Å². The zero-order valence-corrected chi connectivity index (χ0v) is 6.89. The van der Waals surface area contributed by atoms with Crippen molar-refractivity contribution in [3.63, 3.8) is 0 Å². The first-order chi connectivity index (χ1) is 4.68. The highest BCUT2D eigenvalue weighted by Crippen LogP contribution is 2.23. The molecule has 0 aliphatic carbocycles. The highest BCUT2D eigenvalue weighted by atomic mass is 16.6. The van der Waals surface area contributed by atoms with Gasteiger partial charge in [-0.15, -0.1) is 0 Å². The summed E-state index contributed by atoms with van der Waals surface area (Å²) in [5.41, 5.74) is 5.77. The van der Waals surface area contributed by atoms with E-state index < -0.39 is 0 Å². The number of hydrogen-bond donors (Lipinski definition) is 2. The second-order valence-corrected chi connectivity index (χ2v) is 2.99. The Morgan fingerprint density at radius 2 is 2.10 bits per heavy atom. The van der Waals surface area contributed by atoms with Crippen LogP contribution < -0.4 is 11.6 Å². The van der Waals surface area contributed by atoms with E-state index in [1.807, 2.05) is 0 Å². The summed E-state index contributed by atoms with van der Waals surface area (Å²) < 4.78 is 0. The smallest absolute Gasteiger partial charge is 0.0684 e. The fraction of sp³-hybridized carbons (Fsp3) is 1.00. The van der Waals surface area contributed by atoms with Crippen molar-refractivity contribution in [1.82, 2.24) is 0 Å². The fourth-order valence-corrected chi connectivity index (χ4v) is 0.729. The average molecular weight is 146 g/mol. The van der Waals surface area contributed by atoms with E-state index in [1.165, 1.54) is 0 Å². The number of hydrogen-bond acceptors (Lipinski definition) is 3. The molecule has 0 aliphatic heterocycles. The van der Waals surface area contributed by atoms with Crippen LogP contribution in [0.4, 0.5) is 0 Å². The summed E-state index contributed by atoms with van der Waals surface area (Å²) in [6, 6.07) is 0. The van der Waals surface area contributed by atoms with E-state index in [1.54, 1.807) is 0 Å². The van der Waals surface area contributed by atoms with Gasteiger partial charge in [0.2, 0.25) is 0 Å². The van der Waals surface area contributed by atoms with Gasteiger partial charge in [-0.05, 0) is 24.8 Å². The molecule has 3 heteroatoms. The molecule has 0 radical (unpaired) electrons. The van der Waals surface area contributed by atoms with Crippen LogP contribution in [0.5, 0.6) is 0 Å². The monoisotopic (exact) mass is 146 g/mol. The number of nitrogens with two attached hydrogens (primary N) is 2. The van der Waals surface area contributed by atoms with Crippen LogP contribution in [0.25, 0.3) is 0 Å². The maximum atomic E-state index is 5.56. The van der Waals surface area contributed by atoms with Crippen molar-refractivity contribution >= 4 is 0 Å². The minimum atomic E-state index is 0.208. The van der Waals surface area contributed by atoms with Gasteiger partial charge in [0.1, 0.15) is 0 Å². The van der Waals surface area contributed by atoms with Crippen LogP contribution in [0.15, 0.2) is 0 Å². The SMILES string of the molecule is CCC(C)(CN)CCON. The summed E-state index contributed by atoms with van der Waals surface area (Å²) in [6.45, 7) is 5.57. The molecule has 1 unspecified atom stereocenters. The first-order valence-corrected chi connectivity index (χ1v) is 3.70. The molecule has 4 N–H and O–H groups in total. The summed E-state index contributed by atoms with van der Waals surface area (Å²) in [5.74, 6) is 4.90. The first kappa shape index (κ1) is 9.88. The summed E-state index contributed by atoms with van der Waals surface area (Å²) in [7, 11) is 0. The van der Waals surface area contributed by atoms with E-state index >= 15 is 0 Å². The molecule has 0 fully saturated rings. The molecule has 1 atom stereocenters. The molecule has 62 valence electrons. The highest BCUT2D eigenvalue weighted by molar-refractivity contribution is 4.72. The minimum absolute atomic E-state index is 0.208. The van der Waals surface area contributed by atoms with Gasteiger partial charge in [0.15, 0.2) is 0 Å². The summed E-state index contributed by atoms with van der Waals surface area (Å²) >= 11 is 0. The lowest BCUT2D eigenvalue weighted by molar-refractivity contribution is 0.101. The van der Waals surface area contributed by atoms with Crippen LogP contribution in [0.1, 0.15) is 26.7 Å². The molecule has 0 saturated carbocycles. The molecule has 0 saturated heterocycles. The van der Waals surface area contributed by atoms with Crippen LogP contribution in [-0.2, 0) is 4.84 Å². The topological polar surface area (TPSA) is 61.3 Å². The van der Waals surface area contributed by atoms with Crippen molar-refractivity contribution in [2.45, 2.75) is 26.7 Å². The molecule has 0 aromatic heterocycles. The van der Waals surface area contributed by atoms with Crippen LogP contribution >= 0.6 is 0 Å². The van der Waals surface area contributed by atoms with Gasteiger partial charge in [0.25, 0.3) is 0 Å². The Morgan fingerprint density at radius 3 is 2.40 bits per heavy atom. The van der Waals surface area contributed by atoms with Crippen molar-refractivity contribution < 1.29 is 4.84 Å². The summed E-state index contributed by atoms with van der Waals surface area (Å²) in [6.07, 6.45) is 2.02. The van der Waals surface area contributed by atoms with Crippen molar-refractivity contribution in [2.24, 2.45) is 17.0 Å². The van der Waals surface area contributed by atoms with Gasteiger partial charge < -0.3 is 10.6 Å². The average Bonchev–Trinajstić information content (AvgIpc) is 2.00. The van der Waals surface area contributed by atoms with Gasteiger partial charge in [-0.3, -0.25) is 0 Å². The third kappa shape index (κ3) is 3.15. The van der Waals surface area contributed by atoms with Crippen molar-refractivity contribution in [3.8, 4) is 0 Å². The molecular formula is C7H18N2O. The Bertz CT molecular complexity index is 81.7. The second kappa shape index (κ2) is 4.66. The Balaban J connectivity index is 3.58. The molecule has 0 amide bonds. The Hall–Kier alpha value is -0.120. The van der Waals surface area contributed by atoms with Gasteiger partial charge in [0, 0.05) is 0 Å². The largest absolute Gasteiger partial charge is 0.330 e. The zero-order chi connectivity index (χ0) is 8.04. The van der Waals surface area contributed by atoms with Crippen LogP contribution in [-0.4, -0.2) is 13.2 Å². The van der Waals surface area contributed by atoms with E-state index in [2.05, 4.69) is 18.7 Å². The van der Waals surface area contributed by atoms with Crippen LogP contribution in [0.3, 0.4) is 0 Å². The molecule has 0 rings (SSSR count). The molecule has 0 spiro atoms. The van der Waals surface area contributed by atoms with E-state index in [9.17, 15) is 0 Å². The number of rotatable bonds is 5. The minimum Gasteiger partial charge on any atom is -0.330 e. The lowest BCUT2D eigenvalue weighted by Gasteiger charge is -2.25. The molecule has 0 aliphatic rings. The predicted octanol–water partition coefficient (Wildman–Crippen LogP) is 0.642. The molecule has 3 nitrogen and oxygen atoms in total. The molecule has 0 bridgehead atoms. The summed E-state index contributed by atoms with van der Waals surface area (Å²) in [5, 5.41) is 0. The van der Waals surface area contributed by atoms with E-state index in [0.29, 0.717) is 13.2 Å². The molecule has 0 heterocycles. The second-order valence-electron chi connectivity index (χ2n) is 2.99. The summed E-state index contributed by atoms with van der Waals surface area (Å²) in [4.78, 5) is 4.49. The first-order valence-electron chi connectivity index (χ1n) is 3.70. The van der Waals surface area contributed by atoms with E-state index in [-0.39, 0.29) is 5.41 Å². The third-order valence-corrected chi connectivity index (χ3v) is 2.17. The van der Waals surface area contributed by atoms with Gasteiger partial charge in [0.05, 0.1) is 6.61 Å². The van der Waals surface area contributed by atoms with Gasteiger partial charge in [-0.2, -0.15) is 0 Å². The van der Waals surface area contributed by atoms with Gasteiger partial charge >= 0.3 is 0 Å². The highest BCUT2D eigenvalue weighted by Gasteiger charge is 2.18. The van der Waals surface area contributed by atoms with Crippen molar-refractivity contribution in [3.05, 3.63) is 0 Å². The normalized spacial score (nSPS) is 16.8.